The maximum Gasteiger partial charge on any atom is 0.320 e. The highest BCUT2D eigenvalue weighted by Crippen LogP contribution is 2.41. The van der Waals surface area contributed by atoms with Crippen molar-refractivity contribution in [3.05, 3.63) is 0 Å². The molecule has 0 bridgehead atoms. The number of carbonyl (C=O) groups is 1. The SMILES string of the molecule is O=C(O)C1CC2CCCCC2N1CC1(O)CCCCC1. The summed E-state index contributed by atoms with van der Waals surface area (Å²) in [5.41, 5.74) is -0.641. The van der Waals surface area contributed by atoms with Gasteiger partial charge in [0.15, 0.2) is 0 Å². The lowest BCUT2D eigenvalue weighted by Gasteiger charge is -2.40. The van der Waals surface area contributed by atoms with E-state index in [0.717, 1.165) is 38.5 Å². The molecule has 114 valence electrons. The molecule has 0 radical (unpaired) electrons. The third-order valence-corrected chi connectivity index (χ3v) is 5.77. The van der Waals surface area contributed by atoms with Gasteiger partial charge in [0.05, 0.1) is 5.60 Å². The summed E-state index contributed by atoms with van der Waals surface area (Å²) in [5, 5.41) is 20.3. The van der Waals surface area contributed by atoms with E-state index < -0.39 is 11.6 Å². The summed E-state index contributed by atoms with van der Waals surface area (Å²) >= 11 is 0. The number of rotatable bonds is 3. The smallest absolute Gasteiger partial charge is 0.320 e. The molecule has 1 heterocycles. The van der Waals surface area contributed by atoms with Crippen LogP contribution in [0.25, 0.3) is 0 Å². The minimum absolute atomic E-state index is 0.367. The predicted molar refractivity (Wildman–Crippen MR) is 76.5 cm³/mol. The molecule has 2 saturated carbocycles. The second kappa shape index (κ2) is 5.64. The third-order valence-electron chi connectivity index (χ3n) is 5.77. The van der Waals surface area contributed by atoms with E-state index in [-0.39, 0.29) is 6.04 Å². The fraction of sp³-hybridized carbons (Fsp3) is 0.938. The van der Waals surface area contributed by atoms with Crippen LogP contribution in [-0.2, 0) is 4.79 Å². The van der Waals surface area contributed by atoms with E-state index in [4.69, 9.17) is 0 Å². The maximum atomic E-state index is 11.6. The molecule has 3 atom stereocenters. The molecule has 0 aromatic carbocycles. The van der Waals surface area contributed by atoms with Crippen LogP contribution in [-0.4, -0.2) is 45.3 Å². The Kier molecular flexibility index (Phi) is 4.04. The molecule has 3 aliphatic rings. The number of aliphatic hydroxyl groups is 1. The van der Waals surface area contributed by atoms with Gasteiger partial charge in [0.25, 0.3) is 0 Å². The van der Waals surface area contributed by atoms with Gasteiger partial charge in [0.2, 0.25) is 0 Å². The highest BCUT2D eigenvalue weighted by molar-refractivity contribution is 5.74. The quantitative estimate of drug-likeness (QED) is 0.834. The van der Waals surface area contributed by atoms with Crippen LogP contribution in [0, 0.1) is 5.92 Å². The molecule has 3 rings (SSSR count). The van der Waals surface area contributed by atoms with Gasteiger partial charge in [-0.15, -0.1) is 0 Å². The fourth-order valence-corrected chi connectivity index (χ4v) is 4.73. The molecule has 20 heavy (non-hydrogen) atoms. The average Bonchev–Trinajstić information content (AvgIpc) is 2.78. The van der Waals surface area contributed by atoms with Crippen molar-refractivity contribution in [1.82, 2.24) is 4.90 Å². The van der Waals surface area contributed by atoms with E-state index in [9.17, 15) is 15.0 Å². The third kappa shape index (κ3) is 2.73. The molecule has 1 saturated heterocycles. The summed E-state index contributed by atoms with van der Waals surface area (Å²) in [4.78, 5) is 13.7. The summed E-state index contributed by atoms with van der Waals surface area (Å²) in [6.07, 6.45) is 10.6. The minimum Gasteiger partial charge on any atom is -0.480 e. The first-order chi connectivity index (χ1) is 9.59. The summed E-state index contributed by atoms with van der Waals surface area (Å²) in [7, 11) is 0. The molecule has 4 nitrogen and oxygen atoms in total. The molecule has 0 aromatic rings. The van der Waals surface area contributed by atoms with Gasteiger partial charge < -0.3 is 10.2 Å². The Hall–Kier alpha value is -0.610. The zero-order valence-corrected chi connectivity index (χ0v) is 12.3. The highest BCUT2D eigenvalue weighted by atomic mass is 16.4. The lowest BCUT2D eigenvalue weighted by atomic mass is 9.82. The number of hydrogen-bond acceptors (Lipinski definition) is 3. The second-order valence-electron chi connectivity index (χ2n) is 7.16. The Labute approximate surface area is 121 Å². The minimum atomic E-state index is -0.696. The largest absolute Gasteiger partial charge is 0.480 e. The maximum absolute atomic E-state index is 11.6. The standard InChI is InChI=1S/C16H27NO3/c18-15(19)14-10-12-6-2-3-7-13(12)17(14)11-16(20)8-4-1-5-9-16/h12-14,20H,1-11H2,(H,18,19). The zero-order chi connectivity index (χ0) is 14.2. The molecule has 0 aromatic heterocycles. The van der Waals surface area contributed by atoms with Crippen LogP contribution in [0.3, 0.4) is 0 Å². The summed E-state index contributed by atoms with van der Waals surface area (Å²) in [6, 6.07) is 0.0323. The number of likely N-dealkylation sites (tertiary alicyclic amines) is 1. The Morgan fingerprint density at radius 2 is 1.80 bits per heavy atom. The molecule has 3 fully saturated rings. The fourth-order valence-electron chi connectivity index (χ4n) is 4.73. The van der Waals surface area contributed by atoms with Gasteiger partial charge in [-0.2, -0.15) is 0 Å². The van der Waals surface area contributed by atoms with Crippen LogP contribution in [0.15, 0.2) is 0 Å². The van der Waals surface area contributed by atoms with E-state index in [0.29, 0.717) is 18.5 Å². The van der Waals surface area contributed by atoms with Crippen molar-refractivity contribution < 1.29 is 15.0 Å². The normalized spacial score (nSPS) is 37.5. The van der Waals surface area contributed by atoms with Gasteiger partial charge >= 0.3 is 5.97 Å². The van der Waals surface area contributed by atoms with E-state index in [2.05, 4.69) is 4.90 Å². The molecule has 4 heteroatoms. The number of nitrogens with zero attached hydrogens (tertiary/aromatic N) is 1. The lowest BCUT2D eigenvalue weighted by molar-refractivity contribution is -0.144. The van der Waals surface area contributed by atoms with Gasteiger partial charge in [0.1, 0.15) is 6.04 Å². The number of aliphatic carboxylic acids is 1. The van der Waals surface area contributed by atoms with Gasteiger partial charge in [0, 0.05) is 12.6 Å². The van der Waals surface area contributed by atoms with E-state index in [1.165, 1.54) is 25.7 Å². The molecular formula is C16H27NO3. The lowest BCUT2D eigenvalue weighted by Crippen LogP contribution is -2.51. The zero-order valence-electron chi connectivity index (χ0n) is 12.3. The van der Waals surface area contributed by atoms with Crippen molar-refractivity contribution in [3.8, 4) is 0 Å². The van der Waals surface area contributed by atoms with Crippen molar-refractivity contribution in [1.29, 1.82) is 0 Å². The molecule has 2 aliphatic carbocycles. The highest BCUT2D eigenvalue weighted by Gasteiger charge is 2.47. The van der Waals surface area contributed by atoms with E-state index >= 15 is 0 Å². The molecule has 0 amide bonds. The first-order valence-corrected chi connectivity index (χ1v) is 8.30. The van der Waals surface area contributed by atoms with Crippen LogP contribution in [0.1, 0.15) is 64.2 Å². The molecule has 2 N–H and O–H groups in total. The first kappa shape index (κ1) is 14.3. The van der Waals surface area contributed by atoms with Crippen LogP contribution < -0.4 is 0 Å². The summed E-state index contributed by atoms with van der Waals surface area (Å²) < 4.78 is 0. The Morgan fingerprint density at radius 1 is 1.10 bits per heavy atom. The van der Waals surface area contributed by atoms with Crippen LogP contribution in [0.4, 0.5) is 0 Å². The number of carboxylic acids is 1. The second-order valence-corrected chi connectivity index (χ2v) is 7.16. The van der Waals surface area contributed by atoms with Crippen LogP contribution in [0.5, 0.6) is 0 Å². The van der Waals surface area contributed by atoms with E-state index in [1.54, 1.807) is 0 Å². The number of carboxylic acid groups (broad SMARTS) is 1. The topological polar surface area (TPSA) is 60.8 Å². The van der Waals surface area contributed by atoms with Gasteiger partial charge in [-0.25, -0.2) is 0 Å². The Bertz CT molecular complexity index is 365. The van der Waals surface area contributed by atoms with Crippen molar-refractivity contribution in [2.75, 3.05) is 6.54 Å². The van der Waals surface area contributed by atoms with Gasteiger partial charge in [-0.05, 0) is 38.0 Å². The first-order valence-electron chi connectivity index (χ1n) is 8.30. The number of hydrogen-bond donors (Lipinski definition) is 2. The molecule has 0 spiro atoms. The Balaban J connectivity index is 1.75. The number of fused-ring (bicyclic) bond motifs is 1. The predicted octanol–water partition coefficient (Wildman–Crippen LogP) is 2.40. The summed E-state index contributed by atoms with van der Waals surface area (Å²) in [5.74, 6) is -0.157. The van der Waals surface area contributed by atoms with Crippen LogP contribution >= 0.6 is 0 Å². The average molecular weight is 281 g/mol. The van der Waals surface area contributed by atoms with Gasteiger partial charge in [-0.1, -0.05) is 32.1 Å². The molecular weight excluding hydrogens is 254 g/mol. The van der Waals surface area contributed by atoms with Crippen molar-refractivity contribution in [3.63, 3.8) is 0 Å². The summed E-state index contributed by atoms with van der Waals surface area (Å²) in [6.45, 7) is 0.575. The van der Waals surface area contributed by atoms with Crippen LogP contribution in [0.2, 0.25) is 0 Å². The van der Waals surface area contributed by atoms with Crippen molar-refractivity contribution >= 4 is 5.97 Å². The van der Waals surface area contributed by atoms with Crippen molar-refractivity contribution in [2.24, 2.45) is 5.92 Å². The molecule has 1 aliphatic heterocycles. The van der Waals surface area contributed by atoms with E-state index in [1.807, 2.05) is 0 Å². The Morgan fingerprint density at radius 3 is 2.50 bits per heavy atom. The monoisotopic (exact) mass is 281 g/mol. The van der Waals surface area contributed by atoms with Crippen molar-refractivity contribution in [2.45, 2.75) is 81.9 Å². The number of β-amino-alcohol motifs (C(OH)–C–C–N with tert-alkyl or cyclic N) is 1. The van der Waals surface area contributed by atoms with Gasteiger partial charge in [-0.3, -0.25) is 9.69 Å². The molecule has 3 unspecified atom stereocenters.